The molecule has 0 aromatic carbocycles. The van der Waals surface area contributed by atoms with Crippen molar-refractivity contribution in [2.75, 3.05) is 0 Å². The van der Waals surface area contributed by atoms with Crippen molar-refractivity contribution >= 4 is 0 Å². The lowest BCUT2D eigenvalue weighted by atomic mass is 10.2. The Morgan fingerprint density at radius 1 is 0.400 bits per heavy atom. The van der Waals surface area contributed by atoms with Gasteiger partial charge in [-0.2, -0.15) is 0 Å². The third-order valence-corrected chi connectivity index (χ3v) is 11.7. The Balaban J connectivity index is 0.887. The lowest BCUT2D eigenvalue weighted by Crippen LogP contribution is -2.23. The zero-order valence-corrected chi connectivity index (χ0v) is 41.8. The minimum atomic E-state index is -1.29. The summed E-state index contributed by atoms with van der Waals surface area (Å²) in [6.45, 7) is 23.4. The van der Waals surface area contributed by atoms with Gasteiger partial charge in [-0.05, 0) is 0 Å². The van der Waals surface area contributed by atoms with Gasteiger partial charge in [-0.1, -0.05) is 15.6 Å². The second-order valence-corrected chi connectivity index (χ2v) is 20.9. The molecule has 25 heteroatoms. The summed E-state index contributed by atoms with van der Waals surface area (Å²) >= 11 is 0. The Bertz CT molecular complexity index is 2220. The third-order valence-electron chi connectivity index (χ3n) is 11.7. The van der Waals surface area contributed by atoms with Gasteiger partial charge >= 0.3 is 0 Å². The fourth-order valence-electron chi connectivity index (χ4n) is 9.11. The highest BCUT2D eigenvalue weighted by Crippen LogP contribution is 2.43. The van der Waals surface area contributed by atoms with E-state index in [0.29, 0.717) is 92.9 Å². The molecule has 3 aromatic rings. The monoisotopic (exact) mass is 986 g/mol. The molecule has 0 unspecified atom stereocenters. The standard InChI is InChI=1S/C45H66N10O15/c1-40(2)59-28(31(62-40)34-37(56)68-43(7,8)65-34)13-16-53-22-25(46-49-53)19-52(20-26-23-54(50-47-26)17-14-29-32(63-41(3,4)60-29)35-38(57)69-44(9,10)66-35)21-27-24-55(51-48-27)18-15-30-33(64-42(5,6)61-30)36-39(58)70-45(11,12)67-36/h22-24,28-30,37-39,56-58H,13-21H2,1-12H3/b34-31+,35-32+,36-33+/t28-,29-,30-,37+,38+,39+/m0/s1. The second-order valence-electron chi connectivity index (χ2n) is 20.9. The zero-order valence-electron chi connectivity index (χ0n) is 41.8. The second kappa shape index (κ2) is 18.3. The number of aryl methyl sites for hydroxylation is 3. The number of hydrogen-bond acceptors (Lipinski definition) is 22. The smallest absolute Gasteiger partial charge is 0.221 e. The first-order valence-corrected chi connectivity index (χ1v) is 23.5. The van der Waals surface area contributed by atoms with E-state index in [0.717, 1.165) is 0 Å². The van der Waals surface area contributed by atoms with Crippen molar-refractivity contribution < 1.29 is 72.2 Å². The lowest BCUT2D eigenvalue weighted by molar-refractivity contribution is -0.174. The molecule has 3 N–H and O–H groups in total. The van der Waals surface area contributed by atoms with E-state index in [9.17, 15) is 15.3 Å². The molecule has 0 amide bonds. The van der Waals surface area contributed by atoms with E-state index in [2.05, 4.69) is 35.8 Å². The van der Waals surface area contributed by atoms with Gasteiger partial charge in [0.1, 0.15) is 18.3 Å². The van der Waals surface area contributed by atoms with Crippen LogP contribution in [0.4, 0.5) is 0 Å². The van der Waals surface area contributed by atoms with Crippen molar-refractivity contribution in [2.45, 2.75) is 214 Å². The van der Waals surface area contributed by atoms with Crippen LogP contribution in [0.2, 0.25) is 0 Å². The topological polar surface area (TPSA) is 267 Å². The van der Waals surface area contributed by atoms with Crippen LogP contribution in [0.25, 0.3) is 0 Å². The summed E-state index contributed by atoms with van der Waals surface area (Å²) in [5.74, 6) is -4.20. The minimum absolute atomic E-state index is 0.193. The van der Waals surface area contributed by atoms with Gasteiger partial charge in [0, 0.05) is 160 Å². The van der Waals surface area contributed by atoms with Crippen LogP contribution in [0, 0.1) is 0 Å². The minimum Gasteiger partial charge on any atom is -0.461 e. The molecule has 6 fully saturated rings. The SMILES string of the molecule is CC1(C)O/C(=C2/OC(C)(C)O[C@H]2CCn2cc(CN(Cc3cn(CC[C@@H]4OC(C)(C)O/C4=C4/OC(C)(C)O[C@H]4O)nn3)Cc3cn(CC[C@@H]4OC(C)(C)O/C4=C4/OC(C)(C)O[C@H]4O)nn3)nn2)[C@H](O)O1. The van der Waals surface area contributed by atoms with Crippen molar-refractivity contribution in [2.24, 2.45) is 0 Å². The van der Waals surface area contributed by atoms with Crippen molar-refractivity contribution in [1.82, 2.24) is 49.9 Å². The summed E-state index contributed by atoms with van der Waals surface area (Å²) < 4.78 is 76.5. The molecule has 6 aliphatic rings. The van der Waals surface area contributed by atoms with E-state index in [-0.39, 0.29) is 17.3 Å². The maximum Gasteiger partial charge on any atom is 0.221 e. The van der Waals surface area contributed by atoms with Crippen LogP contribution in [0.3, 0.4) is 0 Å². The van der Waals surface area contributed by atoms with Gasteiger partial charge in [0.2, 0.25) is 53.6 Å². The van der Waals surface area contributed by atoms with Gasteiger partial charge < -0.3 is 72.2 Å². The van der Waals surface area contributed by atoms with E-state index >= 15 is 0 Å². The molecule has 0 radical (unpaired) electrons. The summed E-state index contributed by atoms with van der Waals surface area (Å²) in [6.07, 6.45) is 1.45. The summed E-state index contributed by atoms with van der Waals surface area (Å²) in [6, 6.07) is 0. The van der Waals surface area contributed by atoms with Crippen LogP contribution in [0.5, 0.6) is 0 Å². The quantitative estimate of drug-likeness (QED) is 0.197. The zero-order chi connectivity index (χ0) is 50.2. The van der Waals surface area contributed by atoms with Crippen molar-refractivity contribution in [1.29, 1.82) is 0 Å². The molecule has 6 atom stereocenters. The van der Waals surface area contributed by atoms with E-state index in [1.165, 1.54) is 0 Å². The number of aromatic nitrogens is 9. The number of hydrogen-bond donors (Lipinski definition) is 3. The molecular weight excluding hydrogens is 921 g/mol. The molecule has 9 heterocycles. The Morgan fingerprint density at radius 3 is 0.886 bits per heavy atom. The van der Waals surface area contributed by atoms with Gasteiger partial charge in [-0.25, -0.2) is 0 Å². The van der Waals surface area contributed by atoms with Crippen LogP contribution in [-0.2, 0) is 96.1 Å². The van der Waals surface area contributed by atoms with Crippen LogP contribution in [-0.4, -0.2) is 137 Å². The molecule has 0 saturated carbocycles. The Kier molecular flexibility index (Phi) is 13.0. The average Bonchev–Trinajstić information content (AvgIpc) is 4.12. The molecule has 0 spiro atoms. The van der Waals surface area contributed by atoms with Gasteiger partial charge in [-0.15, -0.1) is 15.3 Å². The fraction of sp³-hybridized carbons (Fsp3) is 0.733. The highest BCUT2D eigenvalue weighted by atomic mass is 16.8. The molecule has 6 aliphatic heterocycles. The first kappa shape index (κ1) is 50.0. The van der Waals surface area contributed by atoms with Gasteiger partial charge in [-0.3, -0.25) is 18.9 Å². The average molecular weight is 987 g/mol. The largest absolute Gasteiger partial charge is 0.461 e. The summed E-state index contributed by atoms with van der Waals surface area (Å²) in [5.41, 5.74) is 2.05. The molecule has 386 valence electrons. The third kappa shape index (κ3) is 11.5. The Labute approximate surface area is 405 Å². The van der Waals surface area contributed by atoms with E-state index in [4.69, 9.17) is 56.8 Å². The highest BCUT2D eigenvalue weighted by Gasteiger charge is 2.50. The van der Waals surface area contributed by atoms with E-state index in [1.54, 1.807) is 97.1 Å². The molecule has 70 heavy (non-hydrogen) atoms. The van der Waals surface area contributed by atoms with E-state index in [1.807, 2.05) is 18.6 Å². The summed E-state index contributed by atoms with van der Waals surface area (Å²) in [4.78, 5) is 2.11. The number of aliphatic hydroxyl groups excluding tert-OH is 3. The first-order valence-electron chi connectivity index (χ1n) is 23.5. The lowest BCUT2D eigenvalue weighted by Gasteiger charge is -2.18. The Hall–Kier alpha value is -4.96. The number of nitrogens with zero attached hydrogens (tertiary/aromatic N) is 10. The van der Waals surface area contributed by atoms with Crippen LogP contribution >= 0.6 is 0 Å². The van der Waals surface area contributed by atoms with Gasteiger partial charge in [0.15, 0.2) is 34.6 Å². The molecule has 6 saturated heterocycles. The van der Waals surface area contributed by atoms with Crippen molar-refractivity contribution in [3.05, 3.63) is 70.2 Å². The van der Waals surface area contributed by atoms with Crippen LogP contribution in [0.1, 0.15) is 119 Å². The summed E-state index contributed by atoms with van der Waals surface area (Å²) in [7, 11) is 0. The molecule has 0 aliphatic carbocycles. The Morgan fingerprint density at radius 2 is 0.643 bits per heavy atom. The van der Waals surface area contributed by atoms with Crippen molar-refractivity contribution in [3.63, 3.8) is 0 Å². The molecule has 25 nitrogen and oxygen atoms in total. The van der Waals surface area contributed by atoms with Gasteiger partial charge in [0.05, 0.1) is 17.1 Å². The predicted molar refractivity (Wildman–Crippen MR) is 235 cm³/mol. The maximum absolute atomic E-state index is 10.6. The maximum atomic E-state index is 10.6. The highest BCUT2D eigenvalue weighted by molar-refractivity contribution is 5.18. The number of aliphatic hydroxyl groups is 3. The van der Waals surface area contributed by atoms with Crippen molar-refractivity contribution in [3.8, 4) is 0 Å². The molecule has 3 aromatic heterocycles. The normalized spacial score (nSPS) is 32.2. The van der Waals surface area contributed by atoms with E-state index < -0.39 is 71.9 Å². The predicted octanol–water partition coefficient (Wildman–Crippen LogP) is 3.23. The number of ether oxygens (including phenoxy) is 12. The molecular formula is C45H66N10O15. The van der Waals surface area contributed by atoms with Crippen LogP contribution < -0.4 is 0 Å². The molecule has 9 rings (SSSR count). The number of rotatable bonds is 15. The first-order chi connectivity index (χ1) is 32.7. The summed E-state index contributed by atoms with van der Waals surface area (Å²) in [5, 5.41) is 58.7. The molecule has 0 bridgehead atoms. The fourth-order valence-corrected chi connectivity index (χ4v) is 9.11. The van der Waals surface area contributed by atoms with Crippen LogP contribution in [0.15, 0.2) is 53.1 Å². The van der Waals surface area contributed by atoms with Gasteiger partial charge in [0.25, 0.3) is 0 Å².